The average Bonchev–Trinajstić information content (AvgIpc) is 2.69. The lowest BCUT2D eigenvalue weighted by molar-refractivity contribution is 0.201. The van der Waals surface area contributed by atoms with Gasteiger partial charge in [0.25, 0.3) is 0 Å². The second kappa shape index (κ2) is 5.11. The predicted octanol–water partition coefficient (Wildman–Crippen LogP) is 2.55. The van der Waals surface area contributed by atoms with Crippen molar-refractivity contribution in [1.29, 1.82) is 0 Å². The van der Waals surface area contributed by atoms with Gasteiger partial charge in [-0.15, -0.1) is 5.10 Å². The molecule has 0 amide bonds. The van der Waals surface area contributed by atoms with Crippen LogP contribution in [-0.2, 0) is 6.42 Å². The molecule has 0 spiro atoms. The van der Waals surface area contributed by atoms with E-state index in [4.69, 9.17) is 11.6 Å². The van der Waals surface area contributed by atoms with Crippen molar-refractivity contribution in [3.05, 3.63) is 23.0 Å². The van der Waals surface area contributed by atoms with Gasteiger partial charge in [0.05, 0.1) is 5.69 Å². The second-order valence-corrected chi connectivity index (χ2v) is 5.07. The standard InChI is InChI=1S/C12H18ClN3/c1-9(2)16-7-3-4-11(16)8-10-5-6-12(13)15-14-10/h5-6,9,11H,3-4,7-8H2,1-2H3. The van der Waals surface area contributed by atoms with E-state index in [0.29, 0.717) is 17.2 Å². The van der Waals surface area contributed by atoms with Crippen molar-refractivity contribution < 1.29 is 0 Å². The van der Waals surface area contributed by atoms with E-state index >= 15 is 0 Å². The van der Waals surface area contributed by atoms with Crippen molar-refractivity contribution in [1.82, 2.24) is 15.1 Å². The largest absolute Gasteiger partial charge is 0.298 e. The van der Waals surface area contributed by atoms with Crippen LogP contribution in [-0.4, -0.2) is 33.7 Å². The Kier molecular flexibility index (Phi) is 3.77. The van der Waals surface area contributed by atoms with E-state index in [1.807, 2.05) is 12.1 Å². The SMILES string of the molecule is CC(C)N1CCCC1Cc1ccc(Cl)nn1. The molecule has 0 aliphatic carbocycles. The van der Waals surface area contributed by atoms with E-state index in [1.165, 1.54) is 19.4 Å². The molecule has 1 aliphatic heterocycles. The summed E-state index contributed by atoms with van der Waals surface area (Å²) >= 11 is 5.72. The molecule has 0 N–H and O–H groups in total. The topological polar surface area (TPSA) is 29.0 Å². The fourth-order valence-corrected chi connectivity index (χ4v) is 2.55. The molecule has 0 aromatic carbocycles. The fourth-order valence-electron chi connectivity index (χ4n) is 2.45. The van der Waals surface area contributed by atoms with Crippen molar-refractivity contribution >= 4 is 11.6 Å². The zero-order valence-corrected chi connectivity index (χ0v) is 10.6. The molecule has 16 heavy (non-hydrogen) atoms. The van der Waals surface area contributed by atoms with E-state index in [9.17, 15) is 0 Å². The van der Waals surface area contributed by atoms with Crippen LogP contribution in [0.15, 0.2) is 12.1 Å². The minimum Gasteiger partial charge on any atom is -0.298 e. The van der Waals surface area contributed by atoms with Crippen LogP contribution in [0.5, 0.6) is 0 Å². The lowest BCUT2D eigenvalue weighted by Gasteiger charge is -2.27. The molecule has 0 bridgehead atoms. The maximum atomic E-state index is 5.72. The van der Waals surface area contributed by atoms with Gasteiger partial charge in [0.15, 0.2) is 5.15 Å². The highest BCUT2D eigenvalue weighted by atomic mass is 35.5. The van der Waals surface area contributed by atoms with Crippen LogP contribution in [0.2, 0.25) is 5.15 Å². The van der Waals surface area contributed by atoms with Gasteiger partial charge < -0.3 is 0 Å². The van der Waals surface area contributed by atoms with Gasteiger partial charge in [0, 0.05) is 18.5 Å². The minimum absolute atomic E-state index is 0.468. The lowest BCUT2D eigenvalue weighted by Crippen LogP contribution is -2.36. The maximum Gasteiger partial charge on any atom is 0.151 e. The fraction of sp³-hybridized carbons (Fsp3) is 0.667. The van der Waals surface area contributed by atoms with Gasteiger partial charge >= 0.3 is 0 Å². The third-order valence-electron chi connectivity index (χ3n) is 3.22. The summed E-state index contributed by atoms with van der Waals surface area (Å²) in [5.74, 6) is 0. The average molecular weight is 240 g/mol. The van der Waals surface area contributed by atoms with E-state index in [2.05, 4.69) is 28.9 Å². The molecule has 1 saturated heterocycles. The summed E-state index contributed by atoms with van der Waals surface area (Å²) in [4.78, 5) is 2.55. The Morgan fingerprint density at radius 2 is 2.25 bits per heavy atom. The summed E-state index contributed by atoms with van der Waals surface area (Å²) in [5.41, 5.74) is 1.04. The van der Waals surface area contributed by atoms with Gasteiger partial charge in [0.1, 0.15) is 0 Å². The number of nitrogens with zero attached hydrogens (tertiary/aromatic N) is 3. The third-order valence-corrected chi connectivity index (χ3v) is 3.42. The van der Waals surface area contributed by atoms with Crippen LogP contribution in [0.25, 0.3) is 0 Å². The summed E-state index contributed by atoms with van der Waals surface area (Å²) in [7, 11) is 0. The molecule has 2 heterocycles. The number of hydrogen-bond acceptors (Lipinski definition) is 3. The van der Waals surface area contributed by atoms with E-state index < -0.39 is 0 Å². The summed E-state index contributed by atoms with van der Waals surface area (Å²) < 4.78 is 0. The van der Waals surface area contributed by atoms with Crippen LogP contribution >= 0.6 is 11.6 Å². The molecule has 0 radical (unpaired) electrons. The monoisotopic (exact) mass is 239 g/mol. The van der Waals surface area contributed by atoms with E-state index in [-0.39, 0.29) is 0 Å². The van der Waals surface area contributed by atoms with Crippen LogP contribution in [0.1, 0.15) is 32.4 Å². The highest BCUT2D eigenvalue weighted by molar-refractivity contribution is 6.29. The smallest absolute Gasteiger partial charge is 0.151 e. The first-order valence-corrected chi connectivity index (χ1v) is 6.28. The van der Waals surface area contributed by atoms with Crippen LogP contribution in [0.4, 0.5) is 0 Å². The molecular weight excluding hydrogens is 222 g/mol. The third kappa shape index (κ3) is 2.71. The Hall–Kier alpha value is -0.670. The maximum absolute atomic E-state index is 5.72. The van der Waals surface area contributed by atoms with Crippen molar-refractivity contribution in [3.8, 4) is 0 Å². The highest BCUT2D eigenvalue weighted by Crippen LogP contribution is 2.22. The van der Waals surface area contributed by atoms with Gasteiger partial charge in [-0.25, -0.2) is 0 Å². The van der Waals surface area contributed by atoms with Crippen LogP contribution in [0, 0.1) is 0 Å². The zero-order valence-electron chi connectivity index (χ0n) is 9.86. The highest BCUT2D eigenvalue weighted by Gasteiger charge is 2.26. The number of likely N-dealkylation sites (tertiary alicyclic amines) is 1. The molecule has 4 heteroatoms. The Morgan fingerprint density at radius 3 is 2.88 bits per heavy atom. The van der Waals surface area contributed by atoms with Crippen LogP contribution < -0.4 is 0 Å². The molecule has 88 valence electrons. The Labute approximate surface area is 102 Å². The molecule has 0 saturated carbocycles. The quantitative estimate of drug-likeness (QED) is 0.812. The van der Waals surface area contributed by atoms with Gasteiger partial charge in [-0.05, 0) is 45.4 Å². The van der Waals surface area contributed by atoms with Crippen molar-refractivity contribution in [2.75, 3.05) is 6.54 Å². The summed E-state index contributed by atoms with van der Waals surface area (Å²) in [6.45, 7) is 5.72. The van der Waals surface area contributed by atoms with Crippen molar-refractivity contribution in [2.24, 2.45) is 0 Å². The van der Waals surface area contributed by atoms with Crippen molar-refractivity contribution in [2.45, 2.75) is 45.2 Å². The molecule has 1 atom stereocenters. The minimum atomic E-state index is 0.468. The first kappa shape index (κ1) is 11.8. The molecule has 1 aliphatic rings. The first-order valence-electron chi connectivity index (χ1n) is 5.90. The molecule has 1 aromatic heterocycles. The van der Waals surface area contributed by atoms with Gasteiger partial charge in [-0.2, -0.15) is 5.10 Å². The number of aromatic nitrogens is 2. The summed E-state index contributed by atoms with van der Waals surface area (Å²) in [6.07, 6.45) is 3.55. The van der Waals surface area contributed by atoms with Crippen molar-refractivity contribution in [3.63, 3.8) is 0 Å². The second-order valence-electron chi connectivity index (χ2n) is 4.68. The van der Waals surface area contributed by atoms with E-state index in [0.717, 1.165) is 12.1 Å². The first-order chi connectivity index (χ1) is 7.66. The lowest BCUT2D eigenvalue weighted by atomic mass is 10.1. The summed E-state index contributed by atoms with van der Waals surface area (Å²) in [5, 5.41) is 8.48. The predicted molar refractivity (Wildman–Crippen MR) is 65.6 cm³/mol. The number of hydrogen-bond donors (Lipinski definition) is 0. The molecule has 2 rings (SSSR count). The van der Waals surface area contributed by atoms with E-state index in [1.54, 1.807) is 0 Å². The Balaban J connectivity index is 2.01. The Bertz CT molecular complexity index is 337. The molecule has 3 nitrogen and oxygen atoms in total. The number of rotatable bonds is 3. The summed E-state index contributed by atoms with van der Waals surface area (Å²) in [6, 6.07) is 5.04. The number of halogens is 1. The zero-order chi connectivity index (χ0) is 11.5. The van der Waals surface area contributed by atoms with Crippen LogP contribution in [0.3, 0.4) is 0 Å². The van der Waals surface area contributed by atoms with Gasteiger partial charge in [0.2, 0.25) is 0 Å². The van der Waals surface area contributed by atoms with Gasteiger partial charge in [-0.3, -0.25) is 4.90 Å². The van der Waals surface area contributed by atoms with Gasteiger partial charge in [-0.1, -0.05) is 11.6 Å². The molecule has 1 aromatic rings. The normalized spacial score (nSPS) is 21.9. The molecular formula is C12H18ClN3. The Morgan fingerprint density at radius 1 is 1.44 bits per heavy atom. The molecule has 1 fully saturated rings. The molecule has 1 unspecified atom stereocenters.